The molecule has 126 valence electrons. The van der Waals surface area contributed by atoms with Gasteiger partial charge in [0.15, 0.2) is 0 Å². The number of carbonyl (C=O) groups is 1. The van der Waals surface area contributed by atoms with Gasteiger partial charge in [0.1, 0.15) is 6.61 Å². The van der Waals surface area contributed by atoms with Gasteiger partial charge in [-0.05, 0) is 37.8 Å². The molecule has 4 nitrogen and oxygen atoms in total. The maximum absolute atomic E-state index is 12.0. The van der Waals surface area contributed by atoms with E-state index in [4.69, 9.17) is 4.74 Å². The molecule has 1 saturated heterocycles. The van der Waals surface area contributed by atoms with E-state index >= 15 is 0 Å². The van der Waals surface area contributed by atoms with E-state index in [1.54, 1.807) is 0 Å². The second-order valence-corrected chi connectivity index (χ2v) is 6.83. The van der Waals surface area contributed by atoms with Crippen LogP contribution in [0, 0.1) is 0 Å². The van der Waals surface area contributed by atoms with Crippen LogP contribution in [0.15, 0.2) is 30.3 Å². The number of likely N-dealkylation sites (tertiary alicyclic amines) is 1. The normalized spacial score (nSPS) is 23.4. The Morgan fingerprint density at radius 1 is 1.09 bits per heavy atom. The summed E-state index contributed by atoms with van der Waals surface area (Å²) < 4.78 is 5.34. The molecule has 2 aliphatic rings. The molecule has 23 heavy (non-hydrogen) atoms. The van der Waals surface area contributed by atoms with Gasteiger partial charge in [0, 0.05) is 18.6 Å². The number of ether oxygens (including phenoxy) is 1. The van der Waals surface area contributed by atoms with Crippen LogP contribution in [-0.4, -0.2) is 36.2 Å². The van der Waals surface area contributed by atoms with Gasteiger partial charge in [0.25, 0.3) is 0 Å². The number of nitrogens with zero attached hydrogens (tertiary/aromatic N) is 1. The van der Waals surface area contributed by atoms with Gasteiger partial charge in [-0.2, -0.15) is 0 Å². The molecule has 1 aromatic rings. The Balaban J connectivity index is 1.42. The highest BCUT2D eigenvalue weighted by Crippen LogP contribution is 2.25. The summed E-state index contributed by atoms with van der Waals surface area (Å²) in [6.07, 6.45) is 8.69. The summed E-state index contributed by atoms with van der Waals surface area (Å²) in [6.45, 7) is 2.50. The number of carbonyl (C=O) groups excluding carboxylic acids is 1. The first kappa shape index (κ1) is 16.3. The highest BCUT2D eigenvalue weighted by Gasteiger charge is 2.27. The number of rotatable bonds is 4. The molecule has 0 aromatic heterocycles. The molecular formula is C19H28N2O2. The number of amides is 1. The third-order valence-electron chi connectivity index (χ3n) is 5.08. The Morgan fingerprint density at radius 3 is 2.65 bits per heavy atom. The van der Waals surface area contributed by atoms with Crippen molar-refractivity contribution in [2.75, 3.05) is 13.1 Å². The van der Waals surface area contributed by atoms with Gasteiger partial charge >= 0.3 is 6.09 Å². The molecule has 1 amide bonds. The molecule has 0 radical (unpaired) electrons. The highest BCUT2D eigenvalue weighted by molar-refractivity contribution is 5.67. The van der Waals surface area contributed by atoms with E-state index in [-0.39, 0.29) is 12.1 Å². The van der Waals surface area contributed by atoms with E-state index in [0.717, 1.165) is 24.6 Å². The fourth-order valence-electron chi connectivity index (χ4n) is 3.83. The van der Waals surface area contributed by atoms with Crippen LogP contribution in [0.25, 0.3) is 0 Å². The smallest absolute Gasteiger partial charge is 0.407 e. The molecule has 0 bridgehead atoms. The van der Waals surface area contributed by atoms with E-state index in [1.807, 2.05) is 30.3 Å². The number of hydrogen-bond donors (Lipinski definition) is 1. The predicted octanol–water partition coefficient (Wildman–Crippen LogP) is 3.71. The van der Waals surface area contributed by atoms with Gasteiger partial charge in [-0.1, -0.05) is 49.6 Å². The fourth-order valence-corrected chi connectivity index (χ4v) is 3.83. The lowest BCUT2D eigenvalue weighted by molar-refractivity contribution is 0.0973. The van der Waals surface area contributed by atoms with Crippen LogP contribution in [0.3, 0.4) is 0 Å². The fraction of sp³-hybridized carbons (Fsp3) is 0.632. The second-order valence-electron chi connectivity index (χ2n) is 6.83. The van der Waals surface area contributed by atoms with Crippen molar-refractivity contribution in [3.63, 3.8) is 0 Å². The van der Waals surface area contributed by atoms with Crippen LogP contribution < -0.4 is 5.32 Å². The molecule has 1 atom stereocenters. The Labute approximate surface area is 139 Å². The van der Waals surface area contributed by atoms with Crippen LogP contribution >= 0.6 is 0 Å². The van der Waals surface area contributed by atoms with Crippen molar-refractivity contribution in [1.29, 1.82) is 0 Å². The van der Waals surface area contributed by atoms with Crippen LogP contribution in [0.5, 0.6) is 0 Å². The molecule has 1 N–H and O–H groups in total. The maximum atomic E-state index is 12.0. The lowest BCUT2D eigenvalue weighted by Gasteiger charge is -2.40. The Kier molecular flexibility index (Phi) is 5.92. The van der Waals surface area contributed by atoms with Crippen LogP contribution in [0.1, 0.15) is 50.5 Å². The molecule has 3 rings (SSSR count). The van der Waals surface area contributed by atoms with Crippen molar-refractivity contribution < 1.29 is 9.53 Å². The minimum Gasteiger partial charge on any atom is -0.445 e. The largest absolute Gasteiger partial charge is 0.445 e. The molecule has 1 aliphatic heterocycles. The Bertz CT molecular complexity index is 485. The number of nitrogens with one attached hydrogen (secondary N) is 1. The number of hydrogen-bond acceptors (Lipinski definition) is 3. The minimum absolute atomic E-state index is 0.231. The number of benzene rings is 1. The summed E-state index contributed by atoms with van der Waals surface area (Å²) in [6, 6.07) is 10.8. The number of alkyl carbamates (subject to hydrolysis) is 1. The van der Waals surface area contributed by atoms with Crippen molar-refractivity contribution in [2.45, 2.75) is 63.6 Å². The molecule has 1 heterocycles. The average molecular weight is 316 g/mol. The van der Waals surface area contributed by atoms with Gasteiger partial charge in [0.05, 0.1) is 0 Å². The van der Waals surface area contributed by atoms with Crippen LogP contribution in [-0.2, 0) is 11.3 Å². The second kappa shape index (κ2) is 8.34. The maximum Gasteiger partial charge on any atom is 0.407 e. The predicted molar refractivity (Wildman–Crippen MR) is 91.2 cm³/mol. The van der Waals surface area contributed by atoms with Crippen molar-refractivity contribution in [3.8, 4) is 0 Å². The SMILES string of the molecule is O=C(NC1CCCN(C2CCCCC2)C1)OCc1ccccc1. The molecule has 0 spiro atoms. The molecule has 1 aliphatic carbocycles. The third kappa shape index (κ3) is 4.96. The highest BCUT2D eigenvalue weighted by atomic mass is 16.5. The van der Waals surface area contributed by atoms with E-state index in [2.05, 4.69) is 10.2 Å². The standard InChI is InChI=1S/C19H28N2O2/c22-19(23-15-16-8-3-1-4-9-16)20-17-10-7-13-21(14-17)18-11-5-2-6-12-18/h1,3-4,8-9,17-18H,2,5-7,10-15H2,(H,20,22). The molecule has 1 aromatic carbocycles. The first-order valence-electron chi connectivity index (χ1n) is 9.02. The van der Waals surface area contributed by atoms with Gasteiger partial charge in [-0.25, -0.2) is 4.79 Å². The average Bonchev–Trinajstić information content (AvgIpc) is 2.62. The quantitative estimate of drug-likeness (QED) is 0.920. The van der Waals surface area contributed by atoms with E-state index in [9.17, 15) is 4.79 Å². The minimum atomic E-state index is -0.288. The third-order valence-corrected chi connectivity index (χ3v) is 5.08. The Hall–Kier alpha value is -1.55. The lowest BCUT2D eigenvalue weighted by Crippen LogP contribution is -2.51. The van der Waals surface area contributed by atoms with Gasteiger partial charge in [-0.3, -0.25) is 4.90 Å². The lowest BCUT2D eigenvalue weighted by atomic mass is 9.92. The van der Waals surface area contributed by atoms with E-state index in [1.165, 1.54) is 45.1 Å². The summed E-state index contributed by atoms with van der Waals surface area (Å²) in [5.41, 5.74) is 1.02. The van der Waals surface area contributed by atoms with Crippen molar-refractivity contribution >= 4 is 6.09 Å². The summed E-state index contributed by atoms with van der Waals surface area (Å²) in [7, 11) is 0. The van der Waals surface area contributed by atoms with Crippen LogP contribution in [0.2, 0.25) is 0 Å². The van der Waals surface area contributed by atoms with Crippen molar-refractivity contribution in [1.82, 2.24) is 10.2 Å². The molecule has 2 fully saturated rings. The monoisotopic (exact) mass is 316 g/mol. The van der Waals surface area contributed by atoms with Gasteiger partial charge < -0.3 is 10.1 Å². The zero-order valence-electron chi connectivity index (χ0n) is 13.9. The molecule has 4 heteroatoms. The molecular weight excluding hydrogens is 288 g/mol. The van der Waals surface area contributed by atoms with Crippen LogP contribution in [0.4, 0.5) is 4.79 Å². The molecule has 1 unspecified atom stereocenters. The summed E-state index contributed by atoms with van der Waals surface area (Å²) in [5.74, 6) is 0. The zero-order chi connectivity index (χ0) is 15.9. The van der Waals surface area contributed by atoms with Gasteiger partial charge in [0.2, 0.25) is 0 Å². The summed E-state index contributed by atoms with van der Waals surface area (Å²) in [4.78, 5) is 14.6. The van der Waals surface area contributed by atoms with Crippen molar-refractivity contribution in [2.24, 2.45) is 0 Å². The van der Waals surface area contributed by atoms with E-state index < -0.39 is 0 Å². The topological polar surface area (TPSA) is 41.6 Å². The number of piperidine rings is 1. The van der Waals surface area contributed by atoms with Gasteiger partial charge in [-0.15, -0.1) is 0 Å². The molecule has 1 saturated carbocycles. The van der Waals surface area contributed by atoms with Crippen molar-refractivity contribution in [3.05, 3.63) is 35.9 Å². The summed E-state index contributed by atoms with van der Waals surface area (Å²) >= 11 is 0. The summed E-state index contributed by atoms with van der Waals surface area (Å²) in [5, 5.41) is 3.06. The Morgan fingerprint density at radius 2 is 1.87 bits per heavy atom. The first-order valence-corrected chi connectivity index (χ1v) is 9.02. The van der Waals surface area contributed by atoms with E-state index in [0.29, 0.717) is 6.61 Å². The zero-order valence-corrected chi connectivity index (χ0v) is 13.9. The first-order chi connectivity index (χ1) is 11.3.